The molecule has 7 heteroatoms. The number of carbonyl (C=O) groups is 2. The molecule has 2 aromatic heterocycles. The number of fused-ring (bicyclic) bond motifs is 1. The maximum atomic E-state index is 12.4. The molecule has 4 rings (SSSR count). The zero-order valence-electron chi connectivity index (χ0n) is 16.6. The van der Waals surface area contributed by atoms with Crippen LogP contribution in [0.3, 0.4) is 0 Å². The van der Waals surface area contributed by atoms with Gasteiger partial charge < -0.3 is 15.6 Å². The number of aryl methyl sites for hydroxylation is 1. The number of carbonyl (C=O) groups excluding carboxylic acids is 2. The van der Waals surface area contributed by atoms with E-state index in [0.29, 0.717) is 12.1 Å². The van der Waals surface area contributed by atoms with E-state index in [-0.39, 0.29) is 12.5 Å². The van der Waals surface area contributed by atoms with Gasteiger partial charge in [0.05, 0.1) is 16.3 Å². The van der Waals surface area contributed by atoms with Gasteiger partial charge in [-0.25, -0.2) is 4.98 Å². The molecule has 0 atom stereocenters. The van der Waals surface area contributed by atoms with Crippen LogP contribution < -0.4 is 11.1 Å². The van der Waals surface area contributed by atoms with E-state index in [4.69, 9.17) is 5.73 Å². The van der Waals surface area contributed by atoms with E-state index >= 15 is 0 Å². The Morgan fingerprint density at radius 1 is 1.13 bits per heavy atom. The molecule has 2 heterocycles. The van der Waals surface area contributed by atoms with Crippen LogP contribution in [-0.2, 0) is 17.8 Å². The predicted octanol–water partition coefficient (Wildman–Crippen LogP) is 3.53. The fourth-order valence-electron chi connectivity index (χ4n) is 3.47. The molecule has 0 unspecified atom stereocenters. The third kappa shape index (κ3) is 4.26. The van der Waals surface area contributed by atoms with Crippen LogP contribution in [0.5, 0.6) is 0 Å². The van der Waals surface area contributed by atoms with Gasteiger partial charge in [0.2, 0.25) is 5.91 Å². The molecule has 0 aliphatic rings. The molecule has 2 amide bonds. The zero-order valence-corrected chi connectivity index (χ0v) is 17.4. The van der Waals surface area contributed by atoms with Gasteiger partial charge in [-0.2, -0.15) is 0 Å². The summed E-state index contributed by atoms with van der Waals surface area (Å²) >= 11 is 1.64. The summed E-state index contributed by atoms with van der Waals surface area (Å²) in [7, 11) is 0. The van der Waals surface area contributed by atoms with Crippen LogP contribution in [0.4, 0.5) is 0 Å². The Morgan fingerprint density at radius 3 is 2.60 bits per heavy atom. The van der Waals surface area contributed by atoms with Crippen molar-refractivity contribution < 1.29 is 9.59 Å². The Bertz CT molecular complexity index is 1210. The largest absolute Gasteiger partial charge is 0.366 e. The second-order valence-electron chi connectivity index (χ2n) is 7.10. The molecule has 0 saturated carbocycles. The number of thiazole rings is 1. The average molecular weight is 419 g/mol. The number of nitrogens with two attached hydrogens (primary N) is 1. The maximum absolute atomic E-state index is 12.4. The first-order valence-corrected chi connectivity index (χ1v) is 10.5. The number of hydrogen-bond donors (Lipinski definition) is 2. The Kier molecular flexibility index (Phi) is 5.63. The number of para-hydroxylation sites is 1. The van der Waals surface area contributed by atoms with Crippen molar-refractivity contribution in [3.8, 4) is 11.3 Å². The first-order valence-electron chi connectivity index (χ1n) is 9.67. The third-order valence-corrected chi connectivity index (χ3v) is 5.75. The van der Waals surface area contributed by atoms with Crippen molar-refractivity contribution in [3.05, 3.63) is 76.2 Å². The normalized spacial score (nSPS) is 11.0. The molecule has 0 radical (unpaired) electrons. The molecule has 4 aromatic rings. The first kappa shape index (κ1) is 19.8. The summed E-state index contributed by atoms with van der Waals surface area (Å²) in [4.78, 5) is 28.6. The number of hydrogen-bond acceptors (Lipinski definition) is 4. The van der Waals surface area contributed by atoms with E-state index in [9.17, 15) is 9.59 Å². The standard InChI is InChI=1S/C23H22N4O2S/c1-15-26-20(14-30-15)17-8-6-16(7-9-17)10-11-25-22(28)13-27-12-19(23(24)29)18-4-2-3-5-21(18)27/h2-9,12,14H,10-11,13H2,1H3,(H2,24,29)(H,25,28). The lowest BCUT2D eigenvalue weighted by Crippen LogP contribution is -2.29. The highest BCUT2D eigenvalue weighted by atomic mass is 32.1. The molecule has 152 valence electrons. The van der Waals surface area contributed by atoms with E-state index < -0.39 is 5.91 Å². The van der Waals surface area contributed by atoms with E-state index in [0.717, 1.165) is 39.2 Å². The molecule has 0 aliphatic heterocycles. The Labute approximate surface area is 178 Å². The lowest BCUT2D eigenvalue weighted by molar-refractivity contribution is -0.121. The average Bonchev–Trinajstić information content (AvgIpc) is 3.33. The van der Waals surface area contributed by atoms with Crippen LogP contribution in [0.2, 0.25) is 0 Å². The van der Waals surface area contributed by atoms with E-state index in [2.05, 4.69) is 39.9 Å². The highest BCUT2D eigenvalue weighted by molar-refractivity contribution is 7.09. The number of amides is 2. The van der Waals surface area contributed by atoms with Gasteiger partial charge in [-0.15, -0.1) is 11.3 Å². The highest BCUT2D eigenvalue weighted by Crippen LogP contribution is 2.22. The van der Waals surface area contributed by atoms with E-state index in [1.807, 2.05) is 31.2 Å². The summed E-state index contributed by atoms with van der Waals surface area (Å²) in [5.74, 6) is -0.608. The van der Waals surface area contributed by atoms with Gasteiger partial charge in [-0.05, 0) is 25.0 Å². The van der Waals surface area contributed by atoms with Gasteiger partial charge in [-0.3, -0.25) is 9.59 Å². The monoisotopic (exact) mass is 418 g/mol. The van der Waals surface area contributed by atoms with Gasteiger partial charge in [0.25, 0.3) is 5.91 Å². The third-order valence-electron chi connectivity index (χ3n) is 4.97. The minimum absolute atomic E-state index is 0.110. The van der Waals surface area contributed by atoms with Gasteiger partial charge in [0.1, 0.15) is 6.54 Å². The van der Waals surface area contributed by atoms with E-state index in [1.54, 1.807) is 22.1 Å². The Morgan fingerprint density at radius 2 is 1.90 bits per heavy atom. The van der Waals surface area contributed by atoms with Crippen LogP contribution in [0.15, 0.2) is 60.1 Å². The second kappa shape index (κ2) is 8.51. The minimum atomic E-state index is -0.499. The predicted molar refractivity (Wildman–Crippen MR) is 119 cm³/mol. The van der Waals surface area contributed by atoms with Gasteiger partial charge in [-0.1, -0.05) is 42.5 Å². The van der Waals surface area contributed by atoms with Crippen molar-refractivity contribution in [1.29, 1.82) is 0 Å². The molecule has 0 bridgehead atoms. The smallest absolute Gasteiger partial charge is 0.250 e. The van der Waals surface area contributed by atoms with Crippen molar-refractivity contribution in [3.63, 3.8) is 0 Å². The van der Waals surface area contributed by atoms with Crippen LogP contribution >= 0.6 is 11.3 Å². The summed E-state index contributed by atoms with van der Waals surface area (Å²) in [5, 5.41) is 6.81. The minimum Gasteiger partial charge on any atom is -0.366 e. The van der Waals surface area contributed by atoms with Crippen LogP contribution in [0, 0.1) is 6.92 Å². The molecule has 0 aliphatic carbocycles. The van der Waals surface area contributed by atoms with Crippen molar-refractivity contribution >= 4 is 34.1 Å². The van der Waals surface area contributed by atoms with Crippen LogP contribution in [0.1, 0.15) is 20.9 Å². The summed E-state index contributed by atoms with van der Waals surface area (Å²) < 4.78 is 1.76. The molecule has 6 nitrogen and oxygen atoms in total. The summed E-state index contributed by atoms with van der Waals surface area (Å²) in [6, 6.07) is 15.7. The molecule has 0 fully saturated rings. The summed E-state index contributed by atoms with van der Waals surface area (Å²) in [6.07, 6.45) is 2.38. The highest BCUT2D eigenvalue weighted by Gasteiger charge is 2.14. The lowest BCUT2D eigenvalue weighted by Gasteiger charge is -2.08. The van der Waals surface area contributed by atoms with Gasteiger partial charge >= 0.3 is 0 Å². The van der Waals surface area contributed by atoms with Crippen molar-refractivity contribution in [2.75, 3.05) is 6.54 Å². The summed E-state index contributed by atoms with van der Waals surface area (Å²) in [5.41, 5.74) is 9.93. The van der Waals surface area contributed by atoms with Gasteiger partial charge in [0.15, 0.2) is 0 Å². The van der Waals surface area contributed by atoms with Gasteiger partial charge in [0, 0.05) is 34.6 Å². The van der Waals surface area contributed by atoms with Crippen LogP contribution in [-0.4, -0.2) is 27.9 Å². The van der Waals surface area contributed by atoms with E-state index in [1.165, 1.54) is 0 Å². The fourth-order valence-corrected chi connectivity index (χ4v) is 4.09. The number of rotatable bonds is 7. The number of benzene rings is 2. The zero-order chi connectivity index (χ0) is 21.1. The molecule has 30 heavy (non-hydrogen) atoms. The number of primary amides is 1. The molecular weight excluding hydrogens is 396 g/mol. The molecule has 2 aromatic carbocycles. The number of nitrogens with zero attached hydrogens (tertiary/aromatic N) is 2. The molecule has 0 saturated heterocycles. The quantitative estimate of drug-likeness (QED) is 0.481. The SMILES string of the molecule is Cc1nc(-c2ccc(CCNC(=O)Cn3cc(C(N)=O)c4ccccc43)cc2)cs1. The lowest BCUT2D eigenvalue weighted by atomic mass is 10.1. The molecular formula is C23H22N4O2S. The first-order chi connectivity index (χ1) is 14.5. The van der Waals surface area contributed by atoms with Crippen molar-refractivity contribution in [2.24, 2.45) is 5.73 Å². The number of nitrogens with one attached hydrogen (secondary N) is 1. The number of aromatic nitrogens is 2. The Hall–Kier alpha value is -3.45. The van der Waals surface area contributed by atoms with Crippen molar-refractivity contribution in [1.82, 2.24) is 14.9 Å². The maximum Gasteiger partial charge on any atom is 0.250 e. The van der Waals surface area contributed by atoms with Crippen LogP contribution in [0.25, 0.3) is 22.2 Å². The van der Waals surface area contributed by atoms with Crippen molar-refractivity contribution in [2.45, 2.75) is 19.9 Å². The molecule has 0 spiro atoms. The second-order valence-corrected chi connectivity index (χ2v) is 8.16. The Balaban J connectivity index is 1.34. The topological polar surface area (TPSA) is 90.0 Å². The fraction of sp³-hybridized carbons (Fsp3) is 0.174. The molecule has 3 N–H and O–H groups in total. The summed E-state index contributed by atoms with van der Waals surface area (Å²) in [6.45, 7) is 2.67.